The standard InChI is InChI=1S/C10H8N6S/c11-2-3-16-6-9(5-13-15-12)10(14-16)8-1-4-17-7-8/h1,4,6-7H,3,5H2. The second-order valence-corrected chi connectivity index (χ2v) is 4.04. The van der Waals surface area contributed by atoms with Gasteiger partial charge in [-0.05, 0) is 17.0 Å². The number of nitrogens with zero attached hydrogens (tertiary/aromatic N) is 6. The summed E-state index contributed by atoms with van der Waals surface area (Å²) < 4.78 is 1.55. The molecule has 2 rings (SSSR count). The number of aromatic nitrogens is 2. The molecular weight excluding hydrogens is 236 g/mol. The fourth-order valence-electron chi connectivity index (χ4n) is 1.48. The highest BCUT2D eigenvalue weighted by molar-refractivity contribution is 7.08. The largest absolute Gasteiger partial charge is 0.258 e. The average molecular weight is 244 g/mol. The Kier molecular flexibility index (Phi) is 3.40. The third kappa shape index (κ3) is 2.45. The van der Waals surface area contributed by atoms with Crippen molar-refractivity contribution in [3.05, 3.63) is 39.0 Å². The highest BCUT2D eigenvalue weighted by Gasteiger charge is 2.10. The lowest BCUT2D eigenvalue weighted by Gasteiger charge is -1.94. The first kappa shape index (κ1) is 11.2. The minimum Gasteiger partial charge on any atom is -0.258 e. The van der Waals surface area contributed by atoms with E-state index in [1.54, 1.807) is 22.2 Å². The van der Waals surface area contributed by atoms with Crippen LogP contribution >= 0.6 is 11.3 Å². The Balaban J connectivity index is 2.41. The molecule has 0 amide bonds. The van der Waals surface area contributed by atoms with E-state index in [2.05, 4.69) is 15.1 Å². The number of rotatable bonds is 4. The van der Waals surface area contributed by atoms with E-state index in [1.807, 2.05) is 22.9 Å². The summed E-state index contributed by atoms with van der Waals surface area (Å²) in [5.74, 6) is 0. The van der Waals surface area contributed by atoms with Gasteiger partial charge in [-0.1, -0.05) is 5.11 Å². The molecule has 0 aliphatic carbocycles. The summed E-state index contributed by atoms with van der Waals surface area (Å²) in [7, 11) is 0. The Bertz CT molecular complexity index is 585. The predicted molar refractivity (Wildman–Crippen MR) is 64.0 cm³/mol. The van der Waals surface area contributed by atoms with Crippen LogP contribution in [0.3, 0.4) is 0 Å². The van der Waals surface area contributed by atoms with Gasteiger partial charge >= 0.3 is 0 Å². The van der Waals surface area contributed by atoms with Crippen molar-refractivity contribution in [1.82, 2.24) is 9.78 Å². The minimum absolute atomic E-state index is 0.188. The monoisotopic (exact) mass is 244 g/mol. The van der Waals surface area contributed by atoms with Crippen LogP contribution in [0.15, 0.2) is 28.1 Å². The van der Waals surface area contributed by atoms with Gasteiger partial charge in [0.05, 0.1) is 18.3 Å². The van der Waals surface area contributed by atoms with Crippen LogP contribution < -0.4 is 0 Å². The highest BCUT2D eigenvalue weighted by Crippen LogP contribution is 2.24. The zero-order chi connectivity index (χ0) is 12.1. The quantitative estimate of drug-likeness (QED) is 0.470. The maximum atomic E-state index is 8.64. The lowest BCUT2D eigenvalue weighted by Crippen LogP contribution is -1.95. The Hall–Kier alpha value is -2.29. The van der Waals surface area contributed by atoms with Gasteiger partial charge in [0.1, 0.15) is 6.54 Å². The molecule has 2 aromatic rings. The molecule has 0 unspecified atom stereocenters. The summed E-state index contributed by atoms with van der Waals surface area (Å²) in [4.78, 5) is 2.73. The number of nitriles is 1. The smallest absolute Gasteiger partial charge is 0.128 e. The van der Waals surface area contributed by atoms with Crippen LogP contribution in [0.2, 0.25) is 0 Å². The van der Waals surface area contributed by atoms with E-state index in [1.165, 1.54) is 0 Å². The van der Waals surface area contributed by atoms with Crippen molar-refractivity contribution < 1.29 is 0 Å². The molecule has 0 radical (unpaired) electrons. The third-order valence-corrected chi connectivity index (χ3v) is 2.85. The molecule has 0 aliphatic heterocycles. The number of hydrogen-bond donors (Lipinski definition) is 0. The lowest BCUT2D eigenvalue weighted by molar-refractivity contribution is 0.711. The Morgan fingerprint density at radius 2 is 2.53 bits per heavy atom. The molecule has 7 heteroatoms. The van der Waals surface area contributed by atoms with Gasteiger partial charge in [0, 0.05) is 27.6 Å². The first-order chi connectivity index (χ1) is 8.35. The topological polar surface area (TPSA) is 90.4 Å². The summed E-state index contributed by atoms with van der Waals surface area (Å²) in [5.41, 5.74) is 10.9. The van der Waals surface area contributed by atoms with Crippen LogP contribution in [-0.2, 0) is 13.1 Å². The summed E-state index contributed by atoms with van der Waals surface area (Å²) >= 11 is 1.57. The van der Waals surface area contributed by atoms with Crippen LogP contribution in [0.4, 0.5) is 0 Å². The molecular formula is C10H8N6S. The zero-order valence-corrected chi connectivity index (χ0v) is 9.63. The molecule has 0 aromatic carbocycles. The van der Waals surface area contributed by atoms with Crippen LogP contribution in [0, 0.1) is 11.3 Å². The molecule has 0 atom stereocenters. The van der Waals surface area contributed by atoms with Crippen molar-refractivity contribution in [3.8, 4) is 17.3 Å². The minimum atomic E-state index is 0.188. The van der Waals surface area contributed by atoms with Gasteiger partial charge in [0.25, 0.3) is 0 Å². The first-order valence-electron chi connectivity index (χ1n) is 4.82. The van der Waals surface area contributed by atoms with E-state index in [9.17, 15) is 0 Å². The van der Waals surface area contributed by atoms with Crippen molar-refractivity contribution in [2.24, 2.45) is 5.11 Å². The van der Waals surface area contributed by atoms with Gasteiger partial charge < -0.3 is 0 Å². The SMILES string of the molecule is N#CCn1cc(CN=[N+]=[N-])c(-c2ccsc2)n1. The molecule has 0 spiro atoms. The fraction of sp³-hybridized carbons (Fsp3) is 0.200. The molecule has 84 valence electrons. The van der Waals surface area contributed by atoms with Gasteiger partial charge in [-0.15, -0.1) is 0 Å². The van der Waals surface area contributed by atoms with Crippen molar-refractivity contribution in [1.29, 1.82) is 5.26 Å². The van der Waals surface area contributed by atoms with Gasteiger partial charge in [-0.2, -0.15) is 21.7 Å². The Labute approximate surface area is 101 Å². The molecule has 0 N–H and O–H groups in total. The highest BCUT2D eigenvalue weighted by atomic mass is 32.1. The summed E-state index contributed by atoms with van der Waals surface area (Å²) in [6.07, 6.45) is 1.74. The third-order valence-electron chi connectivity index (χ3n) is 2.17. The normalized spacial score (nSPS) is 9.59. The maximum absolute atomic E-state index is 8.64. The van der Waals surface area contributed by atoms with Gasteiger partial charge in [-0.3, -0.25) is 4.68 Å². The second-order valence-electron chi connectivity index (χ2n) is 3.26. The van der Waals surface area contributed by atoms with Crippen LogP contribution in [0.25, 0.3) is 21.7 Å². The van der Waals surface area contributed by atoms with E-state index in [-0.39, 0.29) is 13.1 Å². The lowest BCUT2D eigenvalue weighted by atomic mass is 10.1. The molecule has 2 heterocycles. The zero-order valence-electron chi connectivity index (χ0n) is 8.82. The van der Waals surface area contributed by atoms with E-state index < -0.39 is 0 Å². The fourth-order valence-corrected chi connectivity index (χ4v) is 2.12. The van der Waals surface area contributed by atoms with E-state index in [0.717, 1.165) is 16.8 Å². The summed E-state index contributed by atoms with van der Waals surface area (Å²) in [6.45, 7) is 0.431. The molecule has 0 fully saturated rings. The summed E-state index contributed by atoms with van der Waals surface area (Å²) in [6, 6.07) is 3.97. The molecule has 0 saturated heterocycles. The first-order valence-corrected chi connectivity index (χ1v) is 5.76. The van der Waals surface area contributed by atoms with Crippen molar-refractivity contribution >= 4 is 11.3 Å². The number of hydrogen-bond acceptors (Lipinski definition) is 4. The molecule has 6 nitrogen and oxygen atoms in total. The Morgan fingerprint density at radius 3 is 3.18 bits per heavy atom. The number of thiophene rings is 1. The van der Waals surface area contributed by atoms with Crippen molar-refractivity contribution in [2.45, 2.75) is 13.1 Å². The van der Waals surface area contributed by atoms with Gasteiger partial charge in [0.2, 0.25) is 0 Å². The molecule has 0 saturated carbocycles. The molecule has 0 aliphatic rings. The second kappa shape index (κ2) is 5.16. The van der Waals surface area contributed by atoms with Crippen LogP contribution in [0.5, 0.6) is 0 Å². The molecule has 2 aromatic heterocycles. The summed E-state index contributed by atoms with van der Waals surface area (Å²) in [5, 5.41) is 20.4. The van der Waals surface area contributed by atoms with E-state index in [0.29, 0.717) is 0 Å². The Morgan fingerprint density at radius 1 is 1.65 bits per heavy atom. The van der Waals surface area contributed by atoms with Crippen LogP contribution in [-0.4, -0.2) is 9.78 Å². The molecule has 17 heavy (non-hydrogen) atoms. The maximum Gasteiger partial charge on any atom is 0.128 e. The van der Waals surface area contributed by atoms with Crippen molar-refractivity contribution in [2.75, 3.05) is 0 Å². The van der Waals surface area contributed by atoms with E-state index in [4.69, 9.17) is 10.8 Å². The number of azide groups is 1. The van der Waals surface area contributed by atoms with E-state index >= 15 is 0 Å². The molecule has 0 bridgehead atoms. The van der Waals surface area contributed by atoms with Crippen LogP contribution in [0.1, 0.15) is 5.56 Å². The predicted octanol–water partition coefficient (Wildman–Crippen LogP) is 2.95. The van der Waals surface area contributed by atoms with Crippen molar-refractivity contribution in [3.63, 3.8) is 0 Å². The van der Waals surface area contributed by atoms with Gasteiger partial charge in [0.15, 0.2) is 0 Å². The van der Waals surface area contributed by atoms with Gasteiger partial charge in [-0.25, -0.2) is 0 Å². The average Bonchev–Trinajstić information content (AvgIpc) is 2.95.